The van der Waals surface area contributed by atoms with Gasteiger partial charge in [0, 0.05) is 11.8 Å². The monoisotopic (exact) mass is 337 g/mol. The lowest BCUT2D eigenvalue weighted by Crippen LogP contribution is -2.42. The van der Waals surface area contributed by atoms with Gasteiger partial charge in [0.15, 0.2) is 0 Å². The summed E-state index contributed by atoms with van der Waals surface area (Å²) in [6.07, 6.45) is 0.632. The van der Waals surface area contributed by atoms with E-state index in [1.54, 1.807) is 24.3 Å². The topological polar surface area (TPSA) is 71.1 Å². The minimum Gasteiger partial charge on any atom is -0.273 e. The molecule has 0 radical (unpaired) electrons. The maximum absolute atomic E-state index is 12.8. The molecule has 2 aromatic carbocycles. The zero-order valence-electron chi connectivity index (χ0n) is 13.3. The highest BCUT2D eigenvalue weighted by molar-refractivity contribution is 5.95. The molecule has 0 spiro atoms. The Morgan fingerprint density at radius 2 is 1.68 bits per heavy atom. The molecule has 0 saturated carbocycles. The van der Waals surface area contributed by atoms with E-state index in [-0.39, 0.29) is 23.8 Å². The average molecular weight is 337 g/mol. The number of hydrazine groups is 1. The number of nitrogens with one attached hydrogen (secondary N) is 2. The number of carbonyl (C=O) groups excluding carboxylic acids is 2. The molecular weight excluding hydrogens is 321 g/mol. The van der Waals surface area contributed by atoms with Gasteiger partial charge in [-0.15, -0.1) is 0 Å². The van der Waals surface area contributed by atoms with E-state index >= 15 is 0 Å². The molecule has 0 bridgehead atoms. The Bertz CT molecular complexity index is 910. The third kappa shape index (κ3) is 4.38. The second kappa shape index (κ2) is 7.53. The summed E-state index contributed by atoms with van der Waals surface area (Å²) in [4.78, 5) is 28.1. The molecule has 2 N–H and O–H groups in total. The smallest absolute Gasteiger partial charge is 0.273 e. The molecule has 0 unspecified atom stereocenters. The summed E-state index contributed by atoms with van der Waals surface area (Å²) in [6.45, 7) is 0. The Kier molecular flexibility index (Phi) is 4.99. The first kappa shape index (κ1) is 16.6. The number of benzene rings is 2. The van der Waals surface area contributed by atoms with Gasteiger partial charge in [0.1, 0.15) is 11.5 Å². The van der Waals surface area contributed by atoms with Crippen LogP contribution in [0.2, 0.25) is 0 Å². The maximum Gasteiger partial charge on any atom is 0.288 e. The number of nitrogens with zero attached hydrogens (tertiary/aromatic N) is 1. The molecule has 25 heavy (non-hydrogen) atoms. The first-order chi connectivity index (χ1) is 12.1. The molecule has 3 aromatic rings. The van der Waals surface area contributed by atoms with Crippen molar-refractivity contribution in [3.8, 4) is 0 Å². The lowest BCUT2D eigenvalue weighted by Gasteiger charge is -2.07. The summed E-state index contributed by atoms with van der Waals surface area (Å²) in [5, 5.41) is 0.933. The first-order valence-corrected chi connectivity index (χ1v) is 7.81. The fraction of sp³-hybridized carbons (Fsp3) is 0.105. The van der Waals surface area contributed by atoms with Gasteiger partial charge >= 0.3 is 0 Å². The minimum atomic E-state index is -0.485. The van der Waals surface area contributed by atoms with E-state index in [0.29, 0.717) is 11.9 Å². The largest absolute Gasteiger partial charge is 0.288 e. The van der Waals surface area contributed by atoms with Crippen LogP contribution in [0.5, 0.6) is 0 Å². The van der Waals surface area contributed by atoms with Crippen LogP contribution in [0.25, 0.3) is 10.9 Å². The van der Waals surface area contributed by atoms with Gasteiger partial charge in [-0.25, -0.2) is 9.37 Å². The van der Waals surface area contributed by atoms with Crippen LogP contribution in [0, 0.1) is 5.82 Å². The summed E-state index contributed by atoms with van der Waals surface area (Å²) in [5.74, 6) is -1.14. The quantitative estimate of drug-likeness (QED) is 0.719. The van der Waals surface area contributed by atoms with Gasteiger partial charge in [0.2, 0.25) is 5.91 Å². The highest BCUT2D eigenvalue weighted by atomic mass is 19.1. The number of aromatic nitrogens is 1. The summed E-state index contributed by atoms with van der Waals surface area (Å²) in [7, 11) is 0. The van der Waals surface area contributed by atoms with Gasteiger partial charge in [-0.3, -0.25) is 20.4 Å². The van der Waals surface area contributed by atoms with Crippen LogP contribution in [-0.2, 0) is 11.2 Å². The van der Waals surface area contributed by atoms with Gasteiger partial charge in [0.05, 0.1) is 5.52 Å². The van der Waals surface area contributed by atoms with Crippen LogP contribution in [0.15, 0.2) is 60.7 Å². The number of amides is 2. The van der Waals surface area contributed by atoms with Crippen LogP contribution in [0.1, 0.15) is 22.5 Å². The van der Waals surface area contributed by atoms with Gasteiger partial charge < -0.3 is 0 Å². The molecule has 0 aliphatic rings. The number of carbonyl (C=O) groups is 2. The first-order valence-electron chi connectivity index (χ1n) is 7.81. The molecule has 6 heteroatoms. The average Bonchev–Trinajstić information content (AvgIpc) is 2.65. The van der Waals surface area contributed by atoms with Gasteiger partial charge in [-0.1, -0.05) is 36.4 Å². The highest BCUT2D eigenvalue weighted by Gasteiger charge is 2.09. The van der Waals surface area contributed by atoms with Crippen molar-refractivity contribution in [1.82, 2.24) is 15.8 Å². The molecule has 3 rings (SSSR count). The Labute approximate surface area is 143 Å². The predicted octanol–water partition coefficient (Wildman–Crippen LogP) is 2.77. The molecule has 0 atom stereocenters. The fourth-order valence-electron chi connectivity index (χ4n) is 2.35. The van der Waals surface area contributed by atoms with E-state index in [0.717, 1.165) is 10.9 Å². The zero-order valence-corrected chi connectivity index (χ0v) is 13.3. The number of rotatable bonds is 4. The lowest BCUT2D eigenvalue weighted by atomic mass is 10.1. The maximum atomic E-state index is 12.8. The molecular formula is C19H16FN3O2. The number of fused-ring (bicyclic) bond motifs is 1. The molecule has 0 saturated heterocycles. The summed E-state index contributed by atoms with van der Waals surface area (Å²) in [5.41, 5.74) is 6.48. The van der Waals surface area contributed by atoms with E-state index in [2.05, 4.69) is 15.8 Å². The number of hydrogen-bond donors (Lipinski definition) is 2. The Hall–Kier alpha value is -3.28. The predicted molar refractivity (Wildman–Crippen MR) is 92.1 cm³/mol. The lowest BCUT2D eigenvalue weighted by molar-refractivity contribution is -0.121. The number of aryl methyl sites for hydroxylation is 1. The Balaban J connectivity index is 1.52. The van der Waals surface area contributed by atoms with Crippen LogP contribution < -0.4 is 10.9 Å². The normalized spacial score (nSPS) is 10.4. The van der Waals surface area contributed by atoms with Crippen LogP contribution in [-0.4, -0.2) is 16.8 Å². The molecule has 1 heterocycles. The van der Waals surface area contributed by atoms with Crippen molar-refractivity contribution in [3.05, 3.63) is 77.7 Å². The van der Waals surface area contributed by atoms with Crippen molar-refractivity contribution in [3.63, 3.8) is 0 Å². The van der Waals surface area contributed by atoms with Crippen LogP contribution in [0.4, 0.5) is 4.39 Å². The van der Waals surface area contributed by atoms with Crippen molar-refractivity contribution >= 4 is 22.7 Å². The standard InChI is InChI=1S/C19H16FN3O2/c20-15-9-5-13(6-10-15)7-12-18(24)22-23-19(25)17-11-8-14-3-1-2-4-16(14)21-17/h1-6,8-11H,7,12H2,(H,22,24)(H,23,25). The van der Waals surface area contributed by atoms with Crippen LogP contribution in [0.3, 0.4) is 0 Å². The minimum absolute atomic E-state index is 0.178. The van der Waals surface area contributed by atoms with E-state index in [4.69, 9.17) is 0 Å². The second-order valence-corrected chi connectivity index (χ2v) is 5.52. The molecule has 0 aliphatic carbocycles. The van der Waals surface area contributed by atoms with E-state index in [9.17, 15) is 14.0 Å². The summed E-state index contributed by atoms with van der Waals surface area (Å²) < 4.78 is 12.8. The van der Waals surface area contributed by atoms with Crippen molar-refractivity contribution in [2.75, 3.05) is 0 Å². The van der Waals surface area contributed by atoms with E-state index in [1.165, 1.54) is 12.1 Å². The number of para-hydroxylation sites is 1. The molecule has 5 nitrogen and oxygen atoms in total. The van der Waals surface area contributed by atoms with Crippen molar-refractivity contribution in [2.45, 2.75) is 12.8 Å². The second-order valence-electron chi connectivity index (χ2n) is 5.52. The Morgan fingerprint density at radius 3 is 2.48 bits per heavy atom. The number of halogens is 1. The van der Waals surface area contributed by atoms with Crippen molar-refractivity contribution < 1.29 is 14.0 Å². The number of hydrogen-bond acceptors (Lipinski definition) is 3. The van der Waals surface area contributed by atoms with Gasteiger partial charge in [0.25, 0.3) is 5.91 Å². The van der Waals surface area contributed by atoms with Crippen molar-refractivity contribution in [2.24, 2.45) is 0 Å². The number of pyridine rings is 1. The molecule has 0 aliphatic heterocycles. The SMILES string of the molecule is O=C(CCc1ccc(F)cc1)NNC(=O)c1ccc2ccccc2n1. The summed E-state index contributed by atoms with van der Waals surface area (Å²) in [6, 6.07) is 16.8. The summed E-state index contributed by atoms with van der Waals surface area (Å²) >= 11 is 0. The van der Waals surface area contributed by atoms with E-state index < -0.39 is 5.91 Å². The van der Waals surface area contributed by atoms with Gasteiger partial charge in [-0.05, 0) is 36.2 Å². The molecule has 126 valence electrons. The Morgan fingerprint density at radius 1 is 0.920 bits per heavy atom. The van der Waals surface area contributed by atoms with Gasteiger partial charge in [-0.2, -0.15) is 0 Å². The molecule has 2 amide bonds. The fourth-order valence-corrected chi connectivity index (χ4v) is 2.35. The van der Waals surface area contributed by atoms with E-state index in [1.807, 2.05) is 24.3 Å². The highest BCUT2D eigenvalue weighted by Crippen LogP contribution is 2.11. The third-order valence-corrected chi connectivity index (χ3v) is 3.70. The third-order valence-electron chi connectivity index (χ3n) is 3.70. The van der Waals surface area contributed by atoms with Crippen molar-refractivity contribution in [1.29, 1.82) is 0 Å². The molecule has 0 fully saturated rings. The molecule has 1 aromatic heterocycles. The van der Waals surface area contributed by atoms with Crippen LogP contribution >= 0.6 is 0 Å². The zero-order chi connectivity index (χ0) is 17.6.